The molecule has 0 radical (unpaired) electrons. The molecule has 7 nitrogen and oxygen atoms in total. The van der Waals surface area contributed by atoms with Crippen LogP contribution in [0.3, 0.4) is 0 Å². The Balaban J connectivity index is 2.18. The minimum absolute atomic E-state index is 0.0670. The van der Waals surface area contributed by atoms with Crippen LogP contribution in [0.15, 0.2) is 73.9 Å². The van der Waals surface area contributed by atoms with Crippen LogP contribution in [-0.4, -0.2) is 52.1 Å². The fourth-order valence-electron chi connectivity index (χ4n) is 3.52. The molecular weight excluding hydrogens is 472 g/mol. The van der Waals surface area contributed by atoms with Crippen molar-refractivity contribution in [2.24, 2.45) is 0 Å². The lowest BCUT2D eigenvalue weighted by Gasteiger charge is -2.15. The highest BCUT2D eigenvalue weighted by Crippen LogP contribution is 2.32. The van der Waals surface area contributed by atoms with E-state index in [4.69, 9.17) is 23.7 Å². The third-order valence-corrected chi connectivity index (χ3v) is 5.38. The van der Waals surface area contributed by atoms with Crippen LogP contribution in [0.25, 0.3) is 11.1 Å². The lowest BCUT2D eigenvalue weighted by Crippen LogP contribution is -2.16. The Bertz CT molecular complexity index is 1090. The van der Waals surface area contributed by atoms with Gasteiger partial charge in [-0.05, 0) is 59.7 Å². The monoisotopic (exact) mass is 508 g/mol. The summed E-state index contributed by atoms with van der Waals surface area (Å²) in [6.45, 7) is 13.9. The molecule has 2 aromatic carbocycles. The number of hydrogen-bond donors (Lipinski definition) is 0. The Kier molecular flexibility index (Phi) is 12.7. The molecule has 0 aliphatic carbocycles. The zero-order valence-electron chi connectivity index (χ0n) is 21.8. The van der Waals surface area contributed by atoms with Gasteiger partial charge in [-0.15, -0.1) is 0 Å². The number of benzene rings is 2. The Morgan fingerprint density at radius 1 is 0.892 bits per heavy atom. The number of methoxy groups -OCH3 is 1. The summed E-state index contributed by atoms with van der Waals surface area (Å²) in [6, 6.07) is 12.1. The van der Waals surface area contributed by atoms with Crippen LogP contribution in [0, 0.1) is 0 Å². The van der Waals surface area contributed by atoms with Gasteiger partial charge < -0.3 is 23.7 Å². The van der Waals surface area contributed by atoms with E-state index in [1.807, 2.05) is 30.3 Å². The van der Waals surface area contributed by atoms with Crippen molar-refractivity contribution in [1.82, 2.24) is 0 Å². The second kappa shape index (κ2) is 16.0. The molecule has 0 spiro atoms. The maximum atomic E-state index is 11.9. The van der Waals surface area contributed by atoms with Crippen LogP contribution in [0.4, 0.5) is 0 Å². The van der Waals surface area contributed by atoms with Crippen LogP contribution in [0.5, 0.6) is 11.5 Å². The Morgan fingerprint density at radius 2 is 1.65 bits per heavy atom. The van der Waals surface area contributed by atoms with Crippen LogP contribution in [-0.2, 0) is 36.6 Å². The van der Waals surface area contributed by atoms with Gasteiger partial charge in [0.25, 0.3) is 0 Å². The van der Waals surface area contributed by atoms with E-state index in [9.17, 15) is 9.59 Å². The minimum Gasteiger partial charge on any atom is -0.490 e. The molecule has 0 N–H and O–H groups in total. The van der Waals surface area contributed by atoms with Crippen molar-refractivity contribution in [3.05, 3.63) is 85.0 Å². The second-order valence-corrected chi connectivity index (χ2v) is 8.09. The molecule has 198 valence electrons. The Morgan fingerprint density at radius 3 is 2.35 bits per heavy atom. The quantitative estimate of drug-likeness (QED) is 0.125. The van der Waals surface area contributed by atoms with Gasteiger partial charge >= 0.3 is 11.9 Å². The summed E-state index contributed by atoms with van der Waals surface area (Å²) >= 11 is 0. The first kappa shape index (κ1) is 29.4. The summed E-state index contributed by atoms with van der Waals surface area (Å²) in [4.78, 5) is 23.2. The molecule has 0 amide bonds. The van der Waals surface area contributed by atoms with E-state index in [1.54, 1.807) is 6.08 Å². The van der Waals surface area contributed by atoms with E-state index in [1.165, 1.54) is 7.11 Å². The molecule has 0 aliphatic rings. The Labute approximate surface area is 219 Å². The van der Waals surface area contributed by atoms with Crippen LogP contribution < -0.4 is 9.47 Å². The van der Waals surface area contributed by atoms with Gasteiger partial charge in [0.05, 0.1) is 18.8 Å². The molecular formula is C30H36O7. The minimum atomic E-state index is -0.519. The zero-order valence-corrected chi connectivity index (χ0v) is 21.8. The maximum Gasteiger partial charge on any atom is 0.335 e. The van der Waals surface area contributed by atoms with Crippen molar-refractivity contribution >= 4 is 11.9 Å². The van der Waals surface area contributed by atoms with Gasteiger partial charge in [0.1, 0.15) is 31.3 Å². The molecule has 0 heterocycles. The van der Waals surface area contributed by atoms with Crippen molar-refractivity contribution < 1.29 is 33.3 Å². The summed E-state index contributed by atoms with van der Waals surface area (Å²) in [7, 11) is 1.49. The van der Waals surface area contributed by atoms with Gasteiger partial charge in [0.2, 0.25) is 0 Å². The molecule has 0 fully saturated rings. The SMILES string of the molecule is C=CCOc1ccc(-c2ccc(CCCOC(=O)C=C)c(OCCOC(=O)C(=C)COC)c2)cc1CC. The first-order valence-corrected chi connectivity index (χ1v) is 12.2. The molecule has 0 aliphatic heterocycles. The van der Waals surface area contributed by atoms with Gasteiger partial charge in [-0.2, -0.15) is 0 Å². The molecule has 0 saturated carbocycles. The molecule has 37 heavy (non-hydrogen) atoms. The molecule has 7 heteroatoms. The number of carbonyl (C=O) groups excluding carboxylic acids is 2. The highest BCUT2D eigenvalue weighted by Gasteiger charge is 2.12. The molecule has 0 atom stereocenters. The van der Waals surface area contributed by atoms with E-state index >= 15 is 0 Å². The average molecular weight is 509 g/mol. The third-order valence-electron chi connectivity index (χ3n) is 5.38. The fourth-order valence-corrected chi connectivity index (χ4v) is 3.52. The summed E-state index contributed by atoms with van der Waals surface area (Å²) < 4.78 is 27.0. The van der Waals surface area contributed by atoms with Crippen molar-refractivity contribution in [3.63, 3.8) is 0 Å². The number of rotatable bonds is 17. The van der Waals surface area contributed by atoms with Gasteiger partial charge in [-0.3, -0.25) is 0 Å². The number of aryl methyl sites for hydroxylation is 2. The summed E-state index contributed by atoms with van der Waals surface area (Å²) in [5.74, 6) is 0.541. The molecule has 0 unspecified atom stereocenters. The van der Waals surface area contributed by atoms with Gasteiger partial charge in [-0.25, -0.2) is 9.59 Å². The highest BCUT2D eigenvalue weighted by molar-refractivity contribution is 5.87. The van der Waals surface area contributed by atoms with Gasteiger partial charge in [0, 0.05) is 13.2 Å². The first-order chi connectivity index (χ1) is 17.9. The predicted octanol–water partition coefficient (Wildman–Crippen LogP) is 5.27. The van der Waals surface area contributed by atoms with Crippen LogP contribution in [0.2, 0.25) is 0 Å². The van der Waals surface area contributed by atoms with E-state index in [0.717, 1.165) is 40.5 Å². The number of carbonyl (C=O) groups is 2. The van der Waals surface area contributed by atoms with E-state index in [2.05, 4.69) is 32.7 Å². The maximum absolute atomic E-state index is 11.9. The van der Waals surface area contributed by atoms with Crippen molar-refractivity contribution in [2.45, 2.75) is 26.2 Å². The molecule has 0 saturated heterocycles. The number of esters is 2. The molecule has 0 aromatic heterocycles. The third kappa shape index (κ3) is 9.61. The lowest BCUT2D eigenvalue weighted by atomic mass is 9.98. The smallest absolute Gasteiger partial charge is 0.335 e. The fraction of sp³-hybridized carbons (Fsp3) is 0.333. The summed E-state index contributed by atoms with van der Waals surface area (Å²) in [6.07, 6.45) is 4.95. The predicted molar refractivity (Wildman–Crippen MR) is 144 cm³/mol. The molecule has 2 aromatic rings. The van der Waals surface area contributed by atoms with Crippen molar-refractivity contribution in [1.29, 1.82) is 0 Å². The standard InChI is InChI=1S/C30H36O7/c1-6-15-34-27-14-13-25(19-23(27)7-2)26-12-11-24(10-9-16-36-29(31)8-3)28(20-26)35-17-18-37-30(32)22(4)21-33-5/h6,8,11-14,19-20H,1,3-4,7,9-10,15-18,21H2,2,5H3. The van der Waals surface area contributed by atoms with Crippen LogP contribution >= 0.6 is 0 Å². The van der Waals surface area contributed by atoms with Crippen molar-refractivity contribution in [2.75, 3.05) is 40.1 Å². The average Bonchev–Trinajstić information content (AvgIpc) is 2.92. The number of hydrogen-bond acceptors (Lipinski definition) is 7. The van der Waals surface area contributed by atoms with Gasteiger partial charge in [-0.1, -0.05) is 50.9 Å². The normalized spacial score (nSPS) is 10.3. The second-order valence-electron chi connectivity index (χ2n) is 8.09. The zero-order chi connectivity index (χ0) is 27.0. The molecule has 0 bridgehead atoms. The van der Waals surface area contributed by atoms with E-state index < -0.39 is 11.9 Å². The summed E-state index contributed by atoms with van der Waals surface area (Å²) in [5.41, 5.74) is 4.30. The topological polar surface area (TPSA) is 80.3 Å². The first-order valence-electron chi connectivity index (χ1n) is 12.2. The summed E-state index contributed by atoms with van der Waals surface area (Å²) in [5, 5.41) is 0. The van der Waals surface area contributed by atoms with E-state index in [-0.39, 0.29) is 32.0 Å². The van der Waals surface area contributed by atoms with Crippen molar-refractivity contribution in [3.8, 4) is 22.6 Å². The van der Waals surface area contributed by atoms with Gasteiger partial charge in [0.15, 0.2) is 0 Å². The van der Waals surface area contributed by atoms with Crippen LogP contribution in [0.1, 0.15) is 24.5 Å². The van der Waals surface area contributed by atoms with E-state index in [0.29, 0.717) is 25.2 Å². The largest absolute Gasteiger partial charge is 0.490 e. The number of ether oxygens (including phenoxy) is 5. The Hall–Kier alpha value is -3.84. The highest BCUT2D eigenvalue weighted by atomic mass is 16.6. The molecule has 2 rings (SSSR count). The lowest BCUT2D eigenvalue weighted by molar-refractivity contribution is -0.140.